The largest absolute Gasteiger partial charge is 0.463 e. The highest BCUT2D eigenvalue weighted by Crippen LogP contribution is 2.14. The van der Waals surface area contributed by atoms with Gasteiger partial charge in [-0.1, -0.05) is 12.1 Å². The molecule has 3 heterocycles. The summed E-state index contributed by atoms with van der Waals surface area (Å²) in [5.74, 6) is -0.426. The normalized spacial score (nSPS) is 10.8. The smallest absolute Gasteiger partial charge is 0.271 e. The maximum absolute atomic E-state index is 13.4. The second-order valence-electron chi connectivity index (χ2n) is 6.86. The SMILES string of the molecule is O=C(NCCn1nc(-c2ccco2)ccc1=O)c1ccc(=O)n(Cc2cccc(F)c2)n1. The van der Waals surface area contributed by atoms with Crippen LogP contribution >= 0.6 is 0 Å². The van der Waals surface area contributed by atoms with Gasteiger partial charge >= 0.3 is 0 Å². The monoisotopic (exact) mass is 435 g/mol. The second-order valence-corrected chi connectivity index (χ2v) is 6.86. The van der Waals surface area contributed by atoms with Crippen molar-refractivity contribution in [2.24, 2.45) is 0 Å². The Bertz CT molecular complexity index is 1360. The molecule has 0 spiro atoms. The molecule has 10 heteroatoms. The number of nitrogens with zero attached hydrogens (tertiary/aromatic N) is 4. The average Bonchev–Trinajstić information content (AvgIpc) is 3.31. The van der Waals surface area contributed by atoms with Crippen molar-refractivity contribution in [2.45, 2.75) is 13.1 Å². The molecule has 0 fully saturated rings. The standard InChI is InChI=1S/C22H18FN5O4/c23-16-4-1-3-15(13-16)14-28-21(30)9-7-18(26-28)22(31)24-10-11-27-20(29)8-6-17(25-27)19-5-2-12-32-19/h1-9,12-13H,10-11,14H2,(H,24,31). The minimum Gasteiger partial charge on any atom is -0.463 e. The molecule has 0 radical (unpaired) electrons. The van der Waals surface area contributed by atoms with Crippen molar-refractivity contribution < 1.29 is 13.6 Å². The van der Waals surface area contributed by atoms with Crippen LogP contribution < -0.4 is 16.4 Å². The molecule has 4 aromatic rings. The van der Waals surface area contributed by atoms with E-state index in [-0.39, 0.29) is 30.9 Å². The van der Waals surface area contributed by atoms with Crippen LogP contribution in [-0.2, 0) is 13.1 Å². The lowest BCUT2D eigenvalue weighted by atomic mass is 10.2. The molecule has 0 unspecified atom stereocenters. The van der Waals surface area contributed by atoms with E-state index in [1.54, 1.807) is 24.3 Å². The summed E-state index contributed by atoms with van der Waals surface area (Å²) in [6, 6.07) is 14.7. The quantitative estimate of drug-likeness (QED) is 0.473. The van der Waals surface area contributed by atoms with Gasteiger partial charge in [-0.05, 0) is 42.0 Å². The van der Waals surface area contributed by atoms with Gasteiger partial charge in [-0.25, -0.2) is 13.8 Å². The van der Waals surface area contributed by atoms with Gasteiger partial charge in [0.25, 0.3) is 17.0 Å². The Balaban J connectivity index is 1.42. The summed E-state index contributed by atoms with van der Waals surface area (Å²) in [7, 11) is 0. The first kappa shape index (κ1) is 20.9. The van der Waals surface area contributed by atoms with Crippen LogP contribution in [0.2, 0.25) is 0 Å². The third-order valence-electron chi connectivity index (χ3n) is 4.57. The molecule has 32 heavy (non-hydrogen) atoms. The van der Waals surface area contributed by atoms with Crippen LogP contribution in [-0.4, -0.2) is 32.0 Å². The molecule has 1 aromatic carbocycles. The van der Waals surface area contributed by atoms with Gasteiger partial charge in [-0.3, -0.25) is 14.4 Å². The average molecular weight is 435 g/mol. The molecule has 0 aliphatic rings. The van der Waals surface area contributed by atoms with Crippen LogP contribution in [0.4, 0.5) is 4.39 Å². The number of rotatable bonds is 7. The highest BCUT2D eigenvalue weighted by Gasteiger charge is 2.11. The number of benzene rings is 1. The Kier molecular flexibility index (Phi) is 6.02. The van der Waals surface area contributed by atoms with Gasteiger partial charge < -0.3 is 9.73 Å². The first-order valence-corrected chi connectivity index (χ1v) is 9.72. The molecule has 9 nitrogen and oxygen atoms in total. The number of hydrogen-bond acceptors (Lipinski definition) is 6. The van der Waals surface area contributed by atoms with Gasteiger partial charge in [0.1, 0.15) is 17.2 Å². The highest BCUT2D eigenvalue weighted by molar-refractivity contribution is 5.91. The van der Waals surface area contributed by atoms with Crippen LogP contribution in [0.15, 0.2) is 80.9 Å². The summed E-state index contributed by atoms with van der Waals surface area (Å²) in [5.41, 5.74) is 0.310. The number of halogens is 1. The van der Waals surface area contributed by atoms with Crippen molar-refractivity contribution in [3.8, 4) is 11.5 Å². The molecule has 1 amide bonds. The molecule has 1 N–H and O–H groups in total. The minimum atomic E-state index is -0.520. The Hall–Kier alpha value is -4.34. The lowest BCUT2D eigenvalue weighted by Gasteiger charge is -2.09. The summed E-state index contributed by atoms with van der Waals surface area (Å²) in [6.07, 6.45) is 1.51. The third-order valence-corrected chi connectivity index (χ3v) is 4.57. The van der Waals surface area contributed by atoms with E-state index in [1.807, 2.05) is 0 Å². The first-order valence-electron chi connectivity index (χ1n) is 9.72. The van der Waals surface area contributed by atoms with E-state index < -0.39 is 17.3 Å². The predicted molar refractivity (Wildman–Crippen MR) is 113 cm³/mol. The van der Waals surface area contributed by atoms with Gasteiger partial charge in [0, 0.05) is 18.7 Å². The first-order chi connectivity index (χ1) is 15.5. The van der Waals surface area contributed by atoms with Gasteiger partial charge in [0.15, 0.2) is 5.76 Å². The molecule has 0 bridgehead atoms. The van der Waals surface area contributed by atoms with Crippen molar-refractivity contribution in [1.82, 2.24) is 24.9 Å². The maximum atomic E-state index is 13.4. The van der Waals surface area contributed by atoms with E-state index in [0.29, 0.717) is 17.0 Å². The molecule has 0 saturated heterocycles. The molecule has 0 aliphatic heterocycles. The number of carbonyl (C=O) groups is 1. The molecule has 162 valence electrons. The molecule has 4 rings (SSSR count). The van der Waals surface area contributed by atoms with Crippen molar-refractivity contribution in [1.29, 1.82) is 0 Å². The fraction of sp³-hybridized carbons (Fsp3) is 0.136. The number of nitrogens with one attached hydrogen (secondary N) is 1. The number of carbonyl (C=O) groups excluding carboxylic acids is 1. The van der Waals surface area contributed by atoms with Gasteiger partial charge in [0.2, 0.25) is 0 Å². The van der Waals surface area contributed by atoms with E-state index >= 15 is 0 Å². The van der Waals surface area contributed by atoms with E-state index in [4.69, 9.17) is 4.42 Å². The molecular weight excluding hydrogens is 417 g/mol. The van der Waals surface area contributed by atoms with Crippen LogP contribution in [0.25, 0.3) is 11.5 Å². The summed E-state index contributed by atoms with van der Waals surface area (Å²) in [6.45, 7) is 0.261. The van der Waals surface area contributed by atoms with Crippen LogP contribution in [0.1, 0.15) is 16.1 Å². The maximum Gasteiger partial charge on any atom is 0.271 e. The molecular formula is C22H18FN5O4. The molecule has 0 atom stereocenters. The van der Waals surface area contributed by atoms with Crippen LogP contribution in [0.3, 0.4) is 0 Å². The predicted octanol–water partition coefficient (Wildman–Crippen LogP) is 1.68. The number of amides is 1. The summed E-state index contributed by atoms with van der Waals surface area (Å²) in [4.78, 5) is 36.6. The Morgan fingerprint density at radius 2 is 1.78 bits per heavy atom. The summed E-state index contributed by atoms with van der Waals surface area (Å²) < 4.78 is 21.0. The topological polar surface area (TPSA) is 112 Å². The van der Waals surface area contributed by atoms with Crippen molar-refractivity contribution >= 4 is 5.91 Å². The summed E-state index contributed by atoms with van der Waals surface area (Å²) in [5, 5.41) is 10.9. The number of furan rings is 1. The molecule has 0 saturated carbocycles. The van der Waals surface area contributed by atoms with Gasteiger partial charge in [-0.15, -0.1) is 0 Å². The molecule has 3 aromatic heterocycles. The fourth-order valence-corrected chi connectivity index (χ4v) is 3.02. The number of hydrogen-bond donors (Lipinski definition) is 1. The third kappa shape index (κ3) is 4.86. The van der Waals surface area contributed by atoms with Crippen LogP contribution in [0.5, 0.6) is 0 Å². The van der Waals surface area contributed by atoms with Crippen molar-refractivity contribution in [3.63, 3.8) is 0 Å². The number of aromatic nitrogens is 4. The lowest BCUT2D eigenvalue weighted by Crippen LogP contribution is -2.34. The fourth-order valence-electron chi connectivity index (χ4n) is 3.02. The van der Waals surface area contributed by atoms with Crippen molar-refractivity contribution in [3.05, 3.63) is 105 Å². The van der Waals surface area contributed by atoms with Crippen molar-refractivity contribution in [2.75, 3.05) is 6.54 Å². The Morgan fingerprint density at radius 3 is 2.56 bits per heavy atom. The van der Waals surface area contributed by atoms with E-state index in [2.05, 4.69) is 15.5 Å². The van der Waals surface area contributed by atoms with Gasteiger partial charge in [-0.2, -0.15) is 10.2 Å². The van der Waals surface area contributed by atoms with Crippen LogP contribution in [0, 0.1) is 5.82 Å². The Labute approximate surface area is 180 Å². The van der Waals surface area contributed by atoms with E-state index in [1.165, 1.54) is 47.3 Å². The van der Waals surface area contributed by atoms with E-state index in [0.717, 1.165) is 4.68 Å². The second kappa shape index (κ2) is 9.21. The van der Waals surface area contributed by atoms with E-state index in [9.17, 15) is 18.8 Å². The zero-order valence-corrected chi connectivity index (χ0v) is 16.8. The van der Waals surface area contributed by atoms with Gasteiger partial charge in [0.05, 0.1) is 19.4 Å². The molecule has 0 aliphatic carbocycles. The minimum absolute atomic E-state index is 0.0191. The summed E-state index contributed by atoms with van der Waals surface area (Å²) >= 11 is 0. The zero-order chi connectivity index (χ0) is 22.5. The zero-order valence-electron chi connectivity index (χ0n) is 16.8. The Morgan fingerprint density at radius 1 is 0.969 bits per heavy atom. The highest BCUT2D eigenvalue weighted by atomic mass is 19.1. The lowest BCUT2D eigenvalue weighted by molar-refractivity contribution is 0.0944.